The van der Waals surface area contributed by atoms with Crippen molar-refractivity contribution in [3.8, 4) is 0 Å². The van der Waals surface area contributed by atoms with E-state index in [-0.39, 0.29) is 0 Å². The molecule has 2 heterocycles. The van der Waals surface area contributed by atoms with Gasteiger partial charge in [-0.05, 0) is 29.5 Å². The van der Waals surface area contributed by atoms with Gasteiger partial charge in [-0.25, -0.2) is 0 Å². The predicted molar refractivity (Wildman–Crippen MR) is 53.7 cm³/mol. The van der Waals surface area contributed by atoms with E-state index in [0.717, 1.165) is 5.52 Å². The molecule has 0 aliphatic rings. The SMILES string of the molecule is CC(C)c1ccc2sccc2n1. The van der Waals surface area contributed by atoms with Crippen molar-refractivity contribution in [1.82, 2.24) is 4.98 Å². The lowest BCUT2D eigenvalue weighted by Gasteiger charge is -2.02. The van der Waals surface area contributed by atoms with Gasteiger partial charge in [0.25, 0.3) is 0 Å². The molecule has 0 amide bonds. The maximum atomic E-state index is 4.55. The third kappa shape index (κ3) is 1.23. The molecule has 0 fully saturated rings. The van der Waals surface area contributed by atoms with Crippen LogP contribution in [0.4, 0.5) is 0 Å². The molecule has 0 aromatic carbocycles. The second-order valence-corrected chi connectivity index (χ2v) is 4.14. The Kier molecular flexibility index (Phi) is 1.85. The van der Waals surface area contributed by atoms with Gasteiger partial charge in [0.15, 0.2) is 0 Å². The molecule has 0 bridgehead atoms. The lowest BCUT2D eigenvalue weighted by atomic mass is 10.1. The number of rotatable bonds is 1. The van der Waals surface area contributed by atoms with Crippen LogP contribution in [0, 0.1) is 0 Å². The summed E-state index contributed by atoms with van der Waals surface area (Å²) in [7, 11) is 0. The van der Waals surface area contributed by atoms with E-state index in [1.165, 1.54) is 10.4 Å². The van der Waals surface area contributed by atoms with Gasteiger partial charge in [-0.3, -0.25) is 4.98 Å². The summed E-state index contributed by atoms with van der Waals surface area (Å²) in [6.07, 6.45) is 0. The fourth-order valence-corrected chi connectivity index (χ4v) is 1.91. The minimum absolute atomic E-state index is 0.522. The highest BCUT2D eigenvalue weighted by molar-refractivity contribution is 7.17. The molecule has 0 N–H and O–H groups in total. The second kappa shape index (κ2) is 2.87. The van der Waals surface area contributed by atoms with Crippen molar-refractivity contribution < 1.29 is 0 Å². The highest BCUT2D eigenvalue weighted by Crippen LogP contribution is 2.21. The normalized spacial score (nSPS) is 11.2. The molecule has 0 saturated carbocycles. The quantitative estimate of drug-likeness (QED) is 0.650. The average Bonchev–Trinajstić information content (AvgIpc) is 2.49. The Balaban J connectivity index is 2.60. The topological polar surface area (TPSA) is 12.9 Å². The molecule has 62 valence electrons. The third-order valence-corrected chi connectivity index (χ3v) is 2.79. The van der Waals surface area contributed by atoms with Crippen LogP contribution in [-0.2, 0) is 0 Å². The van der Waals surface area contributed by atoms with Gasteiger partial charge in [-0.1, -0.05) is 13.8 Å². The van der Waals surface area contributed by atoms with Crippen molar-refractivity contribution in [1.29, 1.82) is 0 Å². The van der Waals surface area contributed by atoms with Crippen molar-refractivity contribution in [2.75, 3.05) is 0 Å². The fraction of sp³-hybridized carbons (Fsp3) is 0.300. The Labute approximate surface area is 76.1 Å². The molecule has 0 spiro atoms. The Bertz CT molecular complexity index is 389. The smallest absolute Gasteiger partial charge is 0.0813 e. The van der Waals surface area contributed by atoms with Crippen LogP contribution in [0.3, 0.4) is 0 Å². The van der Waals surface area contributed by atoms with Gasteiger partial charge in [0.1, 0.15) is 0 Å². The van der Waals surface area contributed by atoms with Crippen LogP contribution < -0.4 is 0 Å². The summed E-state index contributed by atoms with van der Waals surface area (Å²) < 4.78 is 1.28. The number of hydrogen-bond donors (Lipinski definition) is 0. The summed E-state index contributed by atoms with van der Waals surface area (Å²) >= 11 is 1.75. The lowest BCUT2D eigenvalue weighted by molar-refractivity contribution is 0.830. The molecule has 1 nitrogen and oxygen atoms in total. The summed E-state index contributed by atoms with van der Waals surface area (Å²) in [5.74, 6) is 0.522. The molecular weight excluding hydrogens is 166 g/mol. The number of fused-ring (bicyclic) bond motifs is 1. The Hall–Kier alpha value is -0.890. The molecule has 2 rings (SSSR count). The maximum absolute atomic E-state index is 4.55. The van der Waals surface area contributed by atoms with Crippen LogP contribution in [-0.4, -0.2) is 4.98 Å². The van der Waals surface area contributed by atoms with E-state index in [1.807, 2.05) is 0 Å². The fourth-order valence-electron chi connectivity index (χ4n) is 1.19. The van der Waals surface area contributed by atoms with Gasteiger partial charge in [0.05, 0.1) is 10.2 Å². The summed E-state index contributed by atoms with van der Waals surface area (Å²) in [4.78, 5) is 4.55. The summed E-state index contributed by atoms with van der Waals surface area (Å²) in [5, 5.41) is 2.09. The predicted octanol–water partition coefficient (Wildman–Crippen LogP) is 3.42. The van der Waals surface area contributed by atoms with Crippen LogP contribution in [0.1, 0.15) is 25.5 Å². The van der Waals surface area contributed by atoms with Gasteiger partial charge in [0.2, 0.25) is 0 Å². The van der Waals surface area contributed by atoms with Crippen LogP contribution >= 0.6 is 11.3 Å². The first-order chi connectivity index (χ1) is 5.77. The minimum Gasteiger partial charge on any atom is -0.252 e. The third-order valence-electron chi connectivity index (χ3n) is 1.92. The molecular formula is C10H11NS. The number of nitrogens with zero attached hydrogens (tertiary/aromatic N) is 1. The van der Waals surface area contributed by atoms with Crippen molar-refractivity contribution in [3.05, 3.63) is 29.3 Å². The molecule has 0 radical (unpaired) electrons. The Morgan fingerprint density at radius 2 is 2.08 bits per heavy atom. The molecule has 0 atom stereocenters. The second-order valence-electron chi connectivity index (χ2n) is 3.19. The highest BCUT2D eigenvalue weighted by atomic mass is 32.1. The average molecular weight is 177 g/mol. The molecule has 2 aromatic rings. The zero-order valence-corrected chi connectivity index (χ0v) is 8.06. The van der Waals surface area contributed by atoms with E-state index < -0.39 is 0 Å². The molecule has 12 heavy (non-hydrogen) atoms. The van der Waals surface area contributed by atoms with Gasteiger partial charge < -0.3 is 0 Å². The first-order valence-electron chi connectivity index (χ1n) is 4.11. The largest absolute Gasteiger partial charge is 0.252 e. The zero-order valence-electron chi connectivity index (χ0n) is 7.24. The monoisotopic (exact) mass is 177 g/mol. The van der Waals surface area contributed by atoms with Gasteiger partial charge in [0, 0.05) is 5.69 Å². The summed E-state index contributed by atoms with van der Waals surface area (Å²) in [6, 6.07) is 6.34. The van der Waals surface area contributed by atoms with E-state index in [9.17, 15) is 0 Å². The molecule has 0 aliphatic heterocycles. The standard InChI is InChI=1S/C10H11NS/c1-7(2)8-3-4-10-9(11-8)5-6-12-10/h3-7H,1-2H3. The van der Waals surface area contributed by atoms with E-state index >= 15 is 0 Å². The van der Waals surface area contributed by atoms with Crippen molar-refractivity contribution in [2.24, 2.45) is 0 Å². The first kappa shape index (κ1) is 7.74. The van der Waals surface area contributed by atoms with E-state index in [2.05, 4.69) is 42.4 Å². The molecule has 0 saturated heterocycles. The summed E-state index contributed by atoms with van der Waals surface area (Å²) in [5.41, 5.74) is 2.31. The molecule has 2 aromatic heterocycles. The van der Waals surface area contributed by atoms with Crippen molar-refractivity contribution in [3.63, 3.8) is 0 Å². The number of hydrogen-bond acceptors (Lipinski definition) is 2. The maximum Gasteiger partial charge on any atom is 0.0813 e. The Morgan fingerprint density at radius 1 is 1.25 bits per heavy atom. The van der Waals surface area contributed by atoms with Crippen LogP contribution in [0.2, 0.25) is 0 Å². The first-order valence-corrected chi connectivity index (χ1v) is 4.99. The molecule has 0 unspecified atom stereocenters. The highest BCUT2D eigenvalue weighted by Gasteiger charge is 2.01. The zero-order chi connectivity index (χ0) is 8.55. The molecule has 0 aliphatic carbocycles. The Morgan fingerprint density at radius 3 is 2.83 bits per heavy atom. The minimum atomic E-state index is 0.522. The number of thiophene rings is 1. The lowest BCUT2D eigenvalue weighted by Crippen LogP contribution is -1.90. The summed E-state index contributed by atoms with van der Waals surface area (Å²) in [6.45, 7) is 4.33. The van der Waals surface area contributed by atoms with E-state index in [1.54, 1.807) is 11.3 Å². The van der Waals surface area contributed by atoms with Crippen LogP contribution in [0.5, 0.6) is 0 Å². The van der Waals surface area contributed by atoms with Gasteiger partial charge in [-0.2, -0.15) is 0 Å². The number of pyridine rings is 1. The van der Waals surface area contributed by atoms with Crippen molar-refractivity contribution in [2.45, 2.75) is 19.8 Å². The van der Waals surface area contributed by atoms with Crippen molar-refractivity contribution >= 4 is 21.6 Å². The van der Waals surface area contributed by atoms with E-state index in [4.69, 9.17) is 0 Å². The molecule has 2 heteroatoms. The number of aromatic nitrogens is 1. The van der Waals surface area contributed by atoms with Gasteiger partial charge in [-0.15, -0.1) is 11.3 Å². The van der Waals surface area contributed by atoms with Gasteiger partial charge >= 0.3 is 0 Å². The van der Waals surface area contributed by atoms with Crippen LogP contribution in [0.15, 0.2) is 23.6 Å². The van der Waals surface area contributed by atoms with E-state index in [0.29, 0.717) is 5.92 Å². The van der Waals surface area contributed by atoms with Crippen LogP contribution in [0.25, 0.3) is 10.2 Å².